The summed E-state index contributed by atoms with van der Waals surface area (Å²) in [6.07, 6.45) is 4.93. The molecule has 0 aliphatic heterocycles. The van der Waals surface area contributed by atoms with Gasteiger partial charge >= 0.3 is 0 Å². The summed E-state index contributed by atoms with van der Waals surface area (Å²) in [5.41, 5.74) is 0. The molecule has 0 spiro atoms. The van der Waals surface area contributed by atoms with Crippen LogP contribution in [0.5, 0.6) is 0 Å². The van der Waals surface area contributed by atoms with Gasteiger partial charge in [-0.15, -0.1) is 0 Å². The maximum Gasteiger partial charge on any atom is 0.236 e. The zero-order valence-corrected chi connectivity index (χ0v) is 10.4. The highest BCUT2D eigenvalue weighted by molar-refractivity contribution is 5.78. The molecule has 0 aromatic heterocycles. The van der Waals surface area contributed by atoms with Crippen LogP contribution in [-0.4, -0.2) is 47.7 Å². The first kappa shape index (κ1) is 13.5. The number of hydrogen-bond acceptors (Lipinski definition) is 3. The molecule has 0 saturated heterocycles. The molecular weight excluding hydrogens is 204 g/mol. The van der Waals surface area contributed by atoms with E-state index >= 15 is 0 Å². The van der Waals surface area contributed by atoms with Crippen LogP contribution < -0.4 is 5.32 Å². The summed E-state index contributed by atoms with van der Waals surface area (Å²) >= 11 is 0. The van der Waals surface area contributed by atoms with E-state index in [1.165, 1.54) is 25.7 Å². The van der Waals surface area contributed by atoms with Crippen LogP contribution in [0.3, 0.4) is 0 Å². The standard InChI is InChI=1S/C12H24N2O2/c1-10(2)14(7-8-15)12(16)9-13-11-5-3-4-6-11/h10-11,13,15H,3-9H2,1-2H3. The first-order chi connectivity index (χ1) is 7.65. The van der Waals surface area contributed by atoms with E-state index in [4.69, 9.17) is 5.11 Å². The summed E-state index contributed by atoms with van der Waals surface area (Å²) in [7, 11) is 0. The minimum Gasteiger partial charge on any atom is -0.395 e. The lowest BCUT2D eigenvalue weighted by Crippen LogP contribution is -2.45. The molecule has 0 aromatic carbocycles. The van der Waals surface area contributed by atoms with Crippen LogP contribution in [0.4, 0.5) is 0 Å². The molecule has 0 bridgehead atoms. The third kappa shape index (κ3) is 4.10. The van der Waals surface area contributed by atoms with Crippen LogP contribution in [0.15, 0.2) is 0 Å². The van der Waals surface area contributed by atoms with Gasteiger partial charge in [0.05, 0.1) is 13.2 Å². The van der Waals surface area contributed by atoms with Gasteiger partial charge in [0, 0.05) is 18.6 Å². The predicted octanol–water partition coefficient (Wildman–Crippen LogP) is 0.748. The molecule has 1 rings (SSSR count). The van der Waals surface area contributed by atoms with Crippen LogP contribution in [0.25, 0.3) is 0 Å². The molecular formula is C12H24N2O2. The Bertz CT molecular complexity index is 213. The Hall–Kier alpha value is -0.610. The molecule has 4 heteroatoms. The van der Waals surface area contributed by atoms with Crippen molar-refractivity contribution in [2.45, 2.75) is 51.6 Å². The van der Waals surface area contributed by atoms with Crippen LogP contribution in [-0.2, 0) is 4.79 Å². The normalized spacial score (nSPS) is 17.0. The summed E-state index contributed by atoms with van der Waals surface area (Å²) in [5, 5.41) is 12.2. The van der Waals surface area contributed by atoms with Gasteiger partial charge in [0.2, 0.25) is 5.91 Å². The van der Waals surface area contributed by atoms with Crippen LogP contribution in [0, 0.1) is 0 Å². The molecule has 1 aliphatic carbocycles. The largest absolute Gasteiger partial charge is 0.395 e. The maximum absolute atomic E-state index is 11.9. The average Bonchev–Trinajstić information content (AvgIpc) is 2.75. The minimum atomic E-state index is 0.0351. The Kier molecular flexibility index (Phi) is 5.77. The number of nitrogens with zero attached hydrogens (tertiary/aromatic N) is 1. The van der Waals surface area contributed by atoms with Gasteiger partial charge in [-0.1, -0.05) is 12.8 Å². The van der Waals surface area contributed by atoms with Crippen molar-refractivity contribution in [1.29, 1.82) is 0 Å². The molecule has 16 heavy (non-hydrogen) atoms. The molecule has 1 fully saturated rings. The molecule has 0 radical (unpaired) electrons. The zero-order chi connectivity index (χ0) is 12.0. The molecule has 1 aliphatic rings. The van der Waals surface area contributed by atoms with E-state index < -0.39 is 0 Å². The van der Waals surface area contributed by atoms with Gasteiger partial charge in [-0.25, -0.2) is 0 Å². The molecule has 0 unspecified atom stereocenters. The van der Waals surface area contributed by atoms with Gasteiger partial charge < -0.3 is 15.3 Å². The molecule has 94 valence electrons. The van der Waals surface area contributed by atoms with Crippen LogP contribution in [0.2, 0.25) is 0 Å². The van der Waals surface area contributed by atoms with E-state index in [0.717, 1.165) is 0 Å². The number of hydrogen-bond donors (Lipinski definition) is 2. The van der Waals surface area contributed by atoms with E-state index in [9.17, 15) is 4.79 Å². The Morgan fingerprint density at radius 1 is 1.44 bits per heavy atom. The molecule has 1 saturated carbocycles. The lowest BCUT2D eigenvalue weighted by atomic mass is 10.2. The third-order valence-electron chi connectivity index (χ3n) is 3.18. The second-order valence-corrected chi connectivity index (χ2v) is 4.77. The number of carbonyl (C=O) groups is 1. The monoisotopic (exact) mass is 228 g/mol. The summed E-state index contributed by atoms with van der Waals surface area (Å²) < 4.78 is 0. The predicted molar refractivity (Wildman–Crippen MR) is 64.2 cm³/mol. The van der Waals surface area contributed by atoms with E-state index in [0.29, 0.717) is 19.1 Å². The Labute approximate surface area is 98.0 Å². The Morgan fingerprint density at radius 3 is 2.56 bits per heavy atom. The topological polar surface area (TPSA) is 52.6 Å². The fourth-order valence-electron chi connectivity index (χ4n) is 2.24. The number of aliphatic hydroxyl groups is 1. The number of aliphatic hydroxyl groups excluding tert-OH is 1. The average molecular weight is 228 g/mol. The number of carbonyl (C=O) groups excluding carboxylic acids is 1. The van der Waals surface area contributed by atoms with Crippen molar-refractivity contribution >= 4 is 5.91 Å². The molecule has 0 heterocycles. The number of nitrogens with one attached hydrogen (secondary N) is 1. The maximum atomic E-state index is 11.9. The van der Waals surface area contributed by atoms with Crippen molar-refractivity contribution < 1.29 is 9.90 Å². The number of rotatable bonds is 6. The lowest BCUT2D eigenvalue weighted by molar-refractivity contribution is -0.132. The summed E-state index contributed by atoms with van der Waals surface area (Å²) in [6, 6.07) is 0.678. The Balaban J connectivity index is 2.30. The minimum absolute atomic E-state index is 0.0351. The molecule has 0 atom stereocenters. The van der Waals surface area contributed by atoms with Crippen LogP contribution >= 0.6 is 0 Å². The third-order valence-corrected chi connectivity index (χ3v) is 3.18. The van der Waals surface area contributed by atoms with E-state index in [2.05, 4.69) is 5.32 Å². The molecule has 4 nitrogen and oxygen atoms in total. The van der Waals surface area contributed by atoms with Crippen molar-refractivity contribution in [3.8, 4) is 0 Å². The van der Waals surface area contributed by atoms with Crippen molar-refractivity contribution in [3.05, 3.63) is 0 Å². The lowest BCUT2D eigenvalue weighted by Gasteiger charge is -2.26. The quantitative estimate of drug-likeness (QED) is 0.705. The van der Waals surface area contributed by atoms with Crippen molar-refractivity contribution in [2.24, 2.45) is 0 Å². The van der Waals surface area contributed by atoms with Gasteiger partial charge in [-0.05, 0) is 26.7 Å². The highest BCUT2D eigenvalue weighted by atomic mass is 16.3. The molecule has 0 aromatic rings. The first-order valence-corrected chi connectivity index (χ1v) is 6.29. The Morgan fingerprint density at radius 2 is 2.06 bits per heavy atom. The van der Waals surface area contributed by atoms with E-state index in [1.807, 2.05) is 13.8 Å². The molecule has 2 N–H and O–H groups in total. The number of amides is 1. The second kappa shape index (κ2) is 6.86. The highest BCUT2D eigenvalue weighted by Gasteiger charge is 2.19. The van der Waals surface area contributed by atoms with Crippen molar-refractivity contribution in [2.75, 3.05) is 19.7 Å². The van der Waals surface area contributed by atoms with Gasteiger partial charge in [-0.3, -0.25) is 4.79 Å². The molecule has 1 amide bonds. The summed E-state index contributed by atoms with van der Waals surface area (Å²) in [6.45, 7) is 4.82. The second-order valence-electron chi connectivity index (χ2n) is 4.77. The fraction of sp³-hybridized carbons (Fsp3) is 0.917. The summed E-state index contributed by atoms with van der Waals surface area (Å²) in [4.78, 5) is 13.6. The smallest absolute Gasteiger partial charge is 0.236 e. The fourth-order valence-corrected chi connectivity index (χ4v) is 2.24. The van der Waals surface area contributed by atoms with Crippen LogP contribution in [0.1, 0.15) is 39.5 Å². The van der Waals surface area contributed by atoms with Crippen molar-refractivity contribution in [3.63, 3.8) is 0 Å². The first-order valence-electron chi connectivity index (χ1n) is 6.29. The van der Waals surface area contributed by atoms with E-state index in [1.54, 1.807) is 4.90 Å². The highest BCUT2D eigenvalue weighted by Crippen LogP contribution is 2.17. The summed E-state index contributed by atoms with van der Waals surface area (Å²) in [5.74, 6) is 0.0935. The SMILES string of the molecule is CC(C)N(CCO)C(=O)CNC1CCCC1. The zero-order valence-electron chi connectivity index (χ0n) is 10.4. The van der Waals surface area contributed by atoms with Crippen molar-refractivity contribution in [1.82, 2.24) is 10.2 Å². The van der Waals surface area contributed by atoms with Gasteiger partial charge in [-0.2, -0.15) is 0 Å². The van der Waals surface area contributed by atoms with Gasteiger partial charge in [0.15, 0.2) is 0 Å². The van der Waals surface area contributed by atoms with Gasteiger partial charge in [0.25, 0.3) is 0 Å². The van der Waals surface area contributed by atoms with Gasteiger partial charge in [0.1, 0.15) is 0 Å². The van der Waals surface area contributed by atoms with E-state index in [-0.39, 0.29) is 18.6 Å².